The van der Waals surface area contributed by atoms with Crippen molar-refractivity contribution in [3.8, 4) is 0 Å². The number of carbonyl (C=O) groups is 1. The highest BCUT2D eigenvalue weighted by molar-refractivity contribution is 5.95. The number of hydrogen-bond donors (Lipinski definition) is 1. The number of carbonyl (C=O) groups excluding carboxylic acids is 1. The van der Waals surface area contributed by atoms with Crippen LogP contribution in [0.25, 0.3) is 11.0 Å². The molecule has 0 amide bonds. The van der Waals surface area contributed by atoms with Gasteiger partial charge in [0.05, 0.1) is 18.1 Å². The lowest BCUT2D eigenvalue weighted by Gasteiger charge is -2.11. The maximum Gasteiger partial charge on any atom is 0.360 e. The third-order valence-electron chi connectivity index (χ3n) is 3.53. The third kappa shape index (κ3) is 3.29. The molecule has 2 aromatic carbocycles. The molecule has 0 aliphatic carbocycles. The highest BCUT2D eigenvalue weighted by atomic mass is 16.5. The van der Waals surface area contributed by atoms with E-state index in [0.717, 1.165) is 11.1 Å². The van der Waals surface area contributed by atoms with Crippen LogP contribution in [0.15, 0.2) is 48.5 Å². The summed E-state index contributed by atoms with van der Waals surface area (Å²) in [6, 6.07) is 15.6. The molecule has 5 nitrogen and oxygen atoms in total. The first kappa shape index (κ1) is 15.0. The molecule has 0 spiro atoms. The van der Waals surface area contributed by atoms with Crippen LogP contribution in [-0.2, 0) is 11.3 Å². The second-order valence-corrected chi connectivity index (χ2v) is 5.24. The molecule has 0 saturated heterocycles. The van der Waals surface area contributed by atoms with Crippen molar-refractivity contribution in [1.29, 1.82) is 0 Å². The highest BCUT2D eigenvalue weighted by Crippen LogP contribution is 2.18. The summed E-state index contributed by atoms with van der Waals surface area (Å²) in [7, 11) is 1.34. The summed E-state index contributed by atoms with van der Waals surface area (Å²) in [5.41, 5.74) is 3.88. The summed E-state index contributed by atoms with van der Waals surface area (Å²) in [5, 5.41) is 3.18. The van der Waals surface area contributed by atoms with Crippen LogP contribution in [-0.4, -0.2) is 23.0 Å². The molecule has 1 heterocycles. The van der Waals surface area contributed by atoms with Crippen molar-refractivity contribution in [3.63, 3.8) is 0 Å². The molecule has 0 aliphatic heterocycles. The van der Waals surface area contributed by atoms with Gasteiger partial charge in [0.25, 0.3) is 0 Å². The second-order valence-electron chi connectivity index (χ2n) is 5.24. The molecule has 0 aliphatic rings. The minimum Gasteiger partial charge on any atom is -0.464 e. The lowest BCUT2D eigenvalue weighted by molar-refractivity contribution is 0.0595. The Labute approximate surface area is 134 Å². The molecule has 0 saturated carbocycles. The molecule has 1 aromatic heterocycles. The van der Waals surface area contributed by atoms with E-state index in [1.807, 2.05) is 55.5 Å². The van der Waals surface area contributed by atoms with E-state index in [4.69, 9.17) is 4.74 Å². The number of esters is 1. The lowest BCUT2D eigenvalue weighted by Crippen LogP contribution is -2.12. The van der Waals surface area contributed by atoms with Gasteiger partial charge in [-0.25, -0.2) is 14.8 Å². The first-order chi connectivity index (χ1) is 11.2. The van der Waals surface area contributed by atoms with Gasteiger partial charge in [-0.3, -0.25) is 0 Å². The van der Waals surface area contributed by atoms with E-state index in [2.05, 4.69) is 15.3 Å². The molecule has 5 heteroatoms. The van der Waals surface area contributed by atoms with Crippen molar-refractivity contribution in [2.75, 3.05) is 12.4 Å². The number of aromatic nitrogens is 2. The SMILES string of the molecule is COC(=O)c1nc2ccccc2nc1NCc1ccc(C)cc1. The standard InChI is InChI=1S/C18H17N3O2/c1-12-7-9-13(10-8-12)11-19-17-16(18(22)23-2)20-14-5-3-4-6-15(14)21-17/h3-10H,11H2,1-2H3,(H,19,21). The predicted octanol–water partition coefficient (Wildman–Crippen LogP) is 3.34. The molecule has 0 fully saturated rings. The van der Waals surface area contributed by atoms with Crippen LogP contribution in [0.5, 0.6) is 0 Å². The van der Waals surface area contributed by atoms with Crippen LogP contribution in [0.4, 0.5) is 5.82 Å². The number of anilines is 1. The Morgan fingerprint density at radius 3 is 2.35 bits per heavy atom. The third-order valence-corrected chi connectivity index (χ3v) is 3.53. The van der Waals surface area contributed by atoms with Gasteiger partial charge in [0.15, 0.2) is 11.5 Å². The van der Waals surface area contributed by atoms with Crippen LogP contribution in [0, 0.1) is 6.92 Å². The fourth-order valence-electron chi connectivity index (χ4n) is 2.25. The van der Waals surface area contributed by atoms with Gasteiger partial charge in [0, 0.05) is 6.54 Å². The highest BCUT2D eigenvalue weighted by Gasteiger charge is 2.16. The van der Waals surface area contributed by atoms with E-state index in [1.54, 1.807) is 0 Å². The van der Waals surface area contributed by atoms with Crippen LogP contribution >= 0.6 is 0 Å². The number of ether oxygens (including phenoxy) is 1. The largest absolute Gasteiger partial charge is 0.464 e. The number of nitrogens with zero attached hydrogens (tertiary/aromatic N) is 2. The van der Waals surface area contributed by atoms with E-state index in [-0.39, 0.29) is 5.69 Å². The van der Waals surface area contributed by atoms with Gasteiger partial charge >= 0.3 is 5.97 Å². The summed E-state index contributed by atoms with van der Waals surface area (Å²) in [4.78, 5) is 20.8. The van der Waals surface area contributed by atoms with Crippen LogP contribution in [0.1, 0.15) is 21.6 Å². The predicted molar refractivity (Wildman–Crippen MR) is 89.4 cm³/mol. The number of methoxy groups -OCH3 is 1. The topological polar surface area (TPSA) is 64.1 Å². The fraction of sp³-hybridized carbons (Fsp3) is 0.167. The van der Waals surface area contributed by atoms with Gasteiger partial charge < -0.3 is 10.1 Å². The fourth-order valence-corrected chi connectivity index (χ4v) is 2.25. The van der Waals surface area contributed by atoms with Crippen molar-refractivity contribution in [2.45, 2.75) is 13.5 Å². The maximum atomic E-state index is 12.0. The number of hydrogen-bond acceptors (Lipinski definition) is 5. The molecule has 3 rings (SSSR count). The average molecular weight is 307 g/mol. The molecular formula is C18H17N3O2. The normalized spacial score (nSPS) is 10.5. The molecule has 0 bridgehead atoms. The van der Waals surface area contributed by atoms with Gasteiger partial charge in [-0.05, 0) is 24.6 Å². The average Bonchev–Trinajstić information content (AvgIpc) is 2.59. The Hall–Kier alpha value is -2.95. The summed E-state index contributed by atoms with van der Waals surface area (Å²) in [6.07, 6.45) is 0. The van der Waals surface area contributed by atoms with E-state index < -0.39 is 5.97 Å². The molecule has 23 heavy (non-hydrogen) atoms. The number of rotatable bonds is 4. The molecular weight excluding hydrogens is 290 g/mol. The van der Waals surface area contributed by atoms with Gasteiger partial charge in [-0.15, -0.1) is 0 Å². The Bertz CT molecular complexity index is 845. The Balaban J connectivity index is 1.93. The van der Waals surface area contributed by atoms with Crippen molar-refractivity contribution >= 4 is 22.8 Å². The number of fused-ring (bicyclic) bond motifs is 1. The van der Waals surface area contributed by atoms with Crippen molar-refractivity contribution < 1.29 is 9.53 Å². The summed E-state index contributed by atoms with van der Waals surface area (Å²) in [6.45, 7) is 2.60. The summed E-state index contributed by atoms with van der Waals surface area (Å²) in [5.74, 6) is -0.0780. The number of nitrogens with one attached hydrogen (secondary N) is 1. The van der Waals surface area contributed by atoms with Gasteiger partial charge in [0.2, 0.25) is 0 Å². The number of para-hydroxylation sites is 2. The summed E-state index contributed by atoms with van der Waals surface area (Å²) < 4.78 is 4.81. The van der Waals surface area contributed by atoms with Crippen LogP contribution in [0.3, 0.4) is 0 Å². The zero-order valence-electron chi connectivity index (χ0n) is 13.0. The van der Waals surface area contributed by atoms with Crippen molar-refractivity contribution in [1.82, 2.24) is 9.97 Å². The molecule has 0 atom stereocenters. The lowest BCUT2D eigenvalue weighted by atomic mass is 10.1. The molecule has 116 valence electrons. The molecule has 1 N–H and O–H groups in total. The Morgan fingerprint density at radius 1 is 1.04 bits per heavy atom. The minimum atomic E-state index is -0.505. The maximum absolute atomic E-state index is 12.0. The van der Waals surface area contributed by atoms with E-state index in [1.165, 1.54) is 12.7 Å². The first-order valence-corrected chi connectivity index (χ1v) is 7.32. The van der Waals surface area contributed by atoms with E-state index in [0.29, 0.717) is 17.9 Å². The first-order valence-electron chi connectivity index (χ1n) is 7.32. The van der Waals surface area contributed by atoms with Crippen LogP contribution < -0.4 is 5.32 Å². The zero-order valence-corrected chi connectivity index (χ0v) is 13.0. The van der Waals surface area contributed by atoms with Gasteiger partial charge in [-0.1, -0.05) is 42.0 Å². The van der Waals surface area contributed by atoms with Crippen LogP contribution in [0.2, 0.25) is 0 Å². The zero-order chi connectivity index (χ0) is 16.2. The van der Waals surface area contributed by atoms with Crippen molar-refractivity contribution in [3.05, 3.63) is 65.4 Å². The smallest absolute Gasteiger partial charge is 0.360 e. The number of benzene rings is 2. The monoisotopic (exact) mass is 307 g/mol. The molecule has 0 unspecified atom stereocenters. The number of aryl methyl sites for hydroxylation is 1. The van der Waals surface area contributed by atoms with E-state index >= 15 is 0 Å². The quantitative estimate of drug-likeness (QED) is 0.749. The molecule has 0 radical (unpaired) electrons. The van der Waals surface area contributed by atoms with E-state index in [9.17, 15) is 4.79 Å². The summed E-state index contributed by atoms with van der Waals surface area (Å²) >= 11 is 0. The Kier molecular flexibility index (Phi) is 4.19. The second kappa shape index (κ2) is 6.44. The van der Waals surface area contributed by atoms with Gasteiger partial charge in [0.1, 0.15) is 0 Å². The molecule has 3 aromatic rings. The minimum absolute atomic E-state index is 0.193. The Morgan fingerprint density at radius 2 is 1.70 bits per heavy atom. The van der Waals surface area contributed by atoms with Crippen molar-refractivity contribution in [2.24, 2.45) is 0 Å². The van der Waals surface area contributed by atoms with Gasteiger partial charge in [-0.2, -0.15) is 0 Å².